The van der Waals surface area contributed by atoms with Crippen molar-refractivity contribution in [3.8, 4) is 33.8 Å². The minimum atomic E-state index is -0.280. The van der Waals surface area contributed by atoms with Crippen molar-refractivity contribution in [1.29, 1.82) is 0 Å². The van der Waals surface area contributed by atoms with E-state index >= 15 is 0 Å². The number of phenolic OH excluding ortho intramolecular Hbond substituents is 2. The third kappa shape index (κ3) is 11.1. The minimum absolute atomic E-state index is 0.0175. The lowest BCUT2D eigenvalue weighted by molar-refractivity contribution is 0.104. The van der Waals surface area contributed by atoms with Gasteiger partial charge in [-0.1, -0.05) is 94.9 Å². The summed E-state index contributed by atoms with van der Waals surface area (Å²) < 4.78 is 0. The van der Waals surface area contributed by atoms with Gasteiger partial charge in [-0.2, -0.15) is 0 Å². The Hall–Kier alpha value is -2.97. The maximum absolute atomic E-state index is 14.8. The molecule has 0 spiro atoms. The summed E-state index contributed by atoms with van der Waals surface area (Å²) in [7, 11) is 0. The number of ketones is 1. The van der Waals surface area contributed by atoms with Crippen molar-refractivity contribution in [1.82, 2.24) is 9.80 Å². The van der Waals surface area contributed by atoms with Crippen LogP contribution in [0.25, 0.3) is 22.3 Å². The summed E-state index contributed by atoms with van der Waals surface area (Å²) in [5.41, 5.74) is 6.86. The quantitative estimate of drug-likeness (QED) is 0.0876. The topological polar surface area (TPSA) is 64.0 Å². The van der Waals surface area contributed by atoms with Gasteiger partial charge in [0.15, 0.2) is 0 Å². The van der Waals surface area contributed by atoms with Gasteiger partial charge in [-0.25, -0.2) is 0 Å². The molecule has 7 heteroatoms. The minimum Gasteiger partial charge on any atom is -0.507 e. The van der Waals surface area contributed by atoms with Crippen molar-refractivity contribution < 1.29 is 15.0 Å². The van der Waals surface area contributed by atoms with Crippen LogP contribution in [0.4, 0.5) is 0 Å². The highest BCUT2D eigenvalue weighted by atomic mass is 32.1. The van der Waals surface area contributed by atoms with Gasteiger partial charge in [-0.3, -0.25) is 14.6 Å². The van der Waals surface area contributed by atoms with Crippen LogP contribution in [0.3, 0.4) is 0 Å². The SMILES string of the molecule is CCCCN(CCCC)Cc1cc(-c2ccsc2C(=O)c2sccc2-c2cc(CN(CCCC)CCCC)c(O)c(C(C)(C)C)c2)cc(C(C)(C)C)c1O. The number of hydrogen-bond donors (Lipinski definition) is 2. The van der Waals surface area contributed by atoms with E-state index < -0.39 is 0 Å². The van der Waals surface area contributed by atoms with Crippen LogP contribution in [0.15, 0.2) is 47.2 Å². The first-order chi connectivity index (χ1) is 25.6. The molecule has 4 rings (SSSR count). The highest BCUT2D eigenvalue weighted by Crippen LogP contribution is 2.43. The van der Waals surface area contributed by atoms with Gasteiger partial charge in [0.05, 0.1) is 9.75 Å². The lowest BCUT2D eigenvalue weighted by Crippen LogP contribution is -2.26. The lowest BCUT2D eigenvalue weighted by atomic mass is 9.82. The van der Waals surface area contributed by atoms with Gasteiger partial charge >= 0.3 is 0 Å². The van der Waals surface area contributed by atoms with Gasteiger partial charge < -0.3 is 10.2 Å². The van der Waals surface area contributed by atoms with E-state index in [4.69, 9.17) is 0 Å². The van der Waals surface area contributed by atoms with E-state index in [0.29, 0.717) is 34.3 Å². The number of phenols is 2. The van der Waals surface area contributed by atoms with Crippen molar-refractivity contribution in [3.05, 3.63) is 79.2 Å². The Morgan fingerprint density at radius 2 is 0.907 bits per heavy atom. The van der Waals surface area contributed by atoms with Crippen LogP contribution in [0, 0.1) is 0 Å². The Morgan fingerprint density at radius 3 is 1.20 bits per heavy atom. The Morgan fingerprint density at radius 1 is 0.574 bits per heavy atom. The summed E-state index contributed by atoms with van der Waals surface area (Å²) in [4.78, 5) is 21.1. The molecule has 0 aliphatic carbocycles. The third-order valence-corrected chi connectivity index (χ3v) is 12.3. The Balaban J connectivity index is 1.79. The molecular formula is C47H68N2O3S2. The number of nitrogens with zero attached hydrogens (tertiary/aromatic N) is 2. The van der Waals surface area contributed by atoms with Crippen molar-refractivity contribution in [2.45, 2.75) is 145 Å². The van der Waals surface area contributed by atoms with Crippen LogP contribution in [0.5, 0.6) is 11.5 Å². The monoisotopic (exact) mass is 772 g/mol. The molecule has 2 N–H and O–H groups in total. The van der Waals surface area contributed by atoms with Crippen LogP contribution >= 0.6 is 22.7 Å². The smallest absolute Gasteiger partial charge is 0.214 e. The predicted octanol–water partition coefficient (Wildman–Crippen LogP) is 13.2. The zero-order chi connectivity index (χ0) is 39.6. The number of benzene rings is 2. The van der Waals surface area contributed by atoms with Crippen molar-refractivity contribution >= 4 is 28.5 Å². The Kier molecular flexibility index (Phi) is 16.0. The van der Waals surface area contributed by atoms with E-state index in [1.54, 1.807) is 0 Å². The fraction of sp³-hybridized carbons (Fsp3) is 0.553. The Labute approximate surface area is 335 Å². The summed E-state index contributed by atoms with van der Waals surface area (Å²) in [5, 5.41) is 27.4. The first kappa shape index (κ1) is 43.8. The van der Waals surface area contributed by atoms with Gasteiger partial charge in [0.2, 0.25) is 5.78 Å². The molecule has 4 aromatic rings. The normalized spacial score (nSPS) is 12.4. The highest BCUT2D eigenvalue weighted by molar-refractivity contribution is 7.16. The van der Waals surface area contributed by atoms with E-state index in [1.807, 2.05) is 10.8 Å². The average molecular weight is 773 g/mol. The summed E-state index contributed by atoms with van der Waals surface area (Å²) >= 11 is 2.98. The van der Waals surface area contributed by atoms with Crippen molar-refractivity contribution in [3.63, 3.8) is 0 Å². The Bertz CT molecular complexity index is 1660. The number of carbonyl (C=O) groups is 1. The number of carbonyl (C=O) groups excluding carboxylic acids is 1. The van der Waals surface area contributed by atoms with Gasteiger partial charge in [-0.05, 0) is 121 Å². The molecule has 2 heterocycles. The highest BCUT2D eigenvalue weighted by Gasteiger charge is 2.28. The maximum atomic E-state index is 14.8. The van der Waals surface area contributed by atoms with Crippen LogP contribution in [-0.4, -0.2) is 52.0 Å². The number of unbranched alkanes of at least 4 members (excludes halogenated alkanes) is 4. The molecular weight excluding hydrogens is 705 g/mol. The number of thiophene rings is 2. The number of hydrogen-bond acceptors (Lipinski definition) is 7. The molecule has 0 fully saturated rings. The second kappa shape index (κ2) is 19.8. The summed E-state index contributed by atoms with van der Waals surface area (Å²) in [6.45, 7) is 27.1. The van der Waals surface area contributed by atoms with Crippen molar-refractivity contribution in [2.75, 3.05) is 26.2 Å². The molecule has 0 unspecified atom stereocenters. The molecule has 0 saturated carbocycles. The van der Waals surface area contributed by atoms with Crippen LogP contribution in [0.2, 0.25) is 0 Å². The predicted molar refractivity (Wildman–Crippen MR) is 234 cm³/mol. The molecule has 5 nitrogen and oxygen atoms in total. The zero-order valence-electron chi connectivity index (χ0n) is 35.0. The molecule has 0 saturated heterocycles. The first-order valence-electron chi connectivity index (χ1n) is 20.5. The second-order valence-corrected chi connectivity index (χ2v) is 19.0. The number of rotatable bonds is 20. The summed E-state index contributed by atoms with van der Waals surface area (Å²) in [5.74, 6) is 0.756. The van der Waals surface area contributed by atoms with Gasteiger partial charge in [0.25, 0.3) is 0 Å². The molecule has 0 aliphatic heterocycles. The average Bonchev–Trinajstić information content (AvgIpc) is 3.82. The summed E-state index contributed by atoms with van der Waals surface area (Å²) in [6.07, 6.45) is 9.02. The lowest BCUT2D eigenvalue weighted by Gasteiger charge is -2.27. The second-order valence-electron chi connectivity index (χ2n) is 17.2. The van der Waals surface area contributed by atoms with E-state index in [9.17, 15) is 15.0 Å². The molecule has 2 aromatic heterocycles. The number of aromatic hydroxyl groups is 2. The molecule has 54 heavy (non-hydrogen) atoms. The molecule has 0 radical (unpaired) electrons. The first-order valence-corrected chi connectivity index (χ1v) is 22.3. The molecule has 296 valence electrons. The van der Waals surface area contributed by atoms with Crippen molar-refractivity contribution in [2.24, 2.45) is 0 Å². The van der Waals surface area contributed by atoms with E-state index in [2.05, 4.69) is 115 Å². The largest absolute Gasteiger partial charge is 0.507 e. The standard InChI is InChI=1S/C47H68N2O3S2/c1-11-15-21-48(22-16-12-2)31-35-27-33(29-39(41(35)50)46(5,6)7)37-19-25-53-44(37)43(52)45-38(20-26-54-45)34-28-36(42(51)40(30-34)47(8,9)10)32-49(23-17-13-3)24-18-14-4/h19-20,25-30,50-51H,11-18,21-24,31-32H2,1-10H3. The van der Waals surface area contributed by atoms with Crippen LogP contribution in [0.1, 0.15) is 157 Å². The fourth-order valence-electron chi connectivity index (χ4n) is 7.16. The molecule has 2 aromatic carbocycles. The van der Waals surface area contributed by atoms with Crippen LogP contribution in [-0.2, 0) is 23.9 Å². The fourth-order valence-corrected chi connectivity index (χ4v) is 8.95. The van der Waals surface area contributed by atoms with Gasteiger partial charge in [-0.15, -0.1) is 22.7 Å². The van der Waals surface area contributed by atoms with Gasteiger partial charge in [0, 0.05) is 46.5 Å². The summed E-state index contributed by atoms with van der Waals surface area (Å²) in [6, 6.07) is 12.6. The molecule has 0 amide bonds. The zero-order valence-corrected chi connectivity index (χ0v) is 36.7. The molecule has 0 atom stereocenters. The molecule has 0 aliphatic rings. The van der Waals surface area contributed by atoms with E-state index in [0.717, 1.165) is 122 Å². The third-order valence-electron chi connectivity index (χ3n) is 10.5. The van der Waals surface area contributed by atoms with Gasteiger partial charge in [0.1, 0.15) is 11.5 Å². The van der Waals surface area contributed by atoms with E-state index in [1.165, 1.54) is 22.7 Å². The maximum Gasteiger partial charge on any atom is 0.214 e. The molecule has 0 bridgehead atoms. The van der Waals surface area contributed by atoms with E-state index in [-0.39, 0.29) is 16.6 Å². The van der Waals surface area contributed by atoms with Crippen LogP contribution < -0.4 is 0 Å².